The summed E-state index contributed by atoms with van der Waals surface area (Å²) in [5.41, 5.74) is 1.33. The maximum atomic E-state index is 13.0. The summed E-state index contributed by atoms with van der Waals surface area (Å²) in [5.74, 6) is -0.0363. The van der Waals surface area contributed by atoms with E-state index in [1.54, 1.807) is 24.3 Å². The summed E-state index contributed by atoms with van der Waals surface area (Å²) in [5, 5.41) is 22.9. The standard InChI is InChI=1S/C21H16Cl2F3N5O2/c22-13-7-5-12(6-8-13)19-29-31(20(33)30(19)11-18(32)21(24,25)26)10-14-9-17(28-27-14)15-3-1-2-4-16(15)23/h1-8,18,32H,9-11H2/t18-/m0/s1. The highest BCUT2D eigenvalue weighted by molar-refractivity contribution is 6.35. The molecule has 1 atom stereocenters. The number of alkyl halides is 3. The molecule has 0 unspecified atom stereocenters. The van der Waals surface area contributed by atoms with Crippen molar-refractivity contribution in [3.05, 3.63) is 74.6 Å². The van der Waals surface area contributed by atoms with Crippen LogP contribution in [0.15, 0.2) is 63.5 Å². The van der Waals surface area contributed by atoms with Crippen LogP contribution in [0, 0.1) is 0 Å². The minimum atomic E-state index is -4.90. The molecule has 3 aromatic rings. The van der Waals surface area contributed by atoms with E-state index >= 15 is 0 Å². The molecule has 0 saturated carbocycles. The van der Waals surface area contributed by atoms with E-state index in [1.165, 1.54) is 24.3 Å². The van der Waals surface area contributed by atoms with Crippen molar-refractivity contribution < 1.29 is 18.3 Å². The first-order valence-corrected chi connectivity index (χ1v) is 10.4. The number of aliphatic hydroxyl groups is 1. The third-order valence-electron chi connectivity index (χ3n) is 4.96. The van der Waals surface area contributed by atoms with Crippen molar-refractivity contribution >= 4 is 34.6 Å². The van der Waals surface area contributed by atoms with Gasteiger partial charge in [0.25, 0.3) is 0 Å². The predicted molar refractivity (Wildman–Crippen MR) is 119 cm³/mol. The molecule has 172 valence electrons. The van der Waals surface area contributed by atoms with Gasteiger partial charge in [-0.05, 0) is 30.3 Å². The zero-order valence-electron chi connectivity index (χ0n) is 16.8. The van der Waals surface area contributed by atoms with Crippen LogP contribution in [0.2, 0.25) is 10.0 Å². The second-order valence-corrected chi connectivity index (χ2v) is 8.15. The molecule has 33 heavy (non-hydrogen) atoms. The number of hydrogen-bond acceptors (Lipinski definition) is 5. The van der Waals surface area contributed by atoms with E-state index in [0.717, 1.165) is 9.25 Å². The first kappa shape index (κ1) is 23.2. The van der Waals surface area contributed by atoms with Crippen molar-refractivity contribution in [2.75, 3.05) is 0 Å². The molecule has 7 nitrogen and oxygen atoms in total. The first-order valence-electron chi connectivity index (χ1n) is 9.69. The Labute approximate surface area is 195 Å². The van der Waals surface area contributed by atoms with Gasteiger partial charge >= 0.3 is 11.9 Å². The maximum Gasteiger partial charge on any atom is 0.416 e. The Morgan fingerprint density at radius 3 is 2.42 bits per heavy atom. The smallest absolute Gasteiger partial charge is 0.382 e. The molecule has 0 fully saturated rings. The maximum absolute atomic E-state index is 13.0. The molecule has 12 heteroatoms. The molecule has 0 amide bonds. The van der Waals surface area contributed by atoms with E-state index in [9.17, 15) is 23.1 Å². The number of hydrogen-bond donors (Lipinski definition) is 1. The number of nitrogens with zero attached hydrogens (tertiary/aromatic N) is 5. The molecule has 1 aromatic heterocycles. The molecule has 0 aliphatic carbocycles. The normalized spacial score (nSPS) is 14.8. The Hall–Kier alpha value is -2.95. The third kappa shape index (κ3) is 5.02. The molecule has 1 aliphatic rings. The first-order chi connectivity index (χ1) is 15.6. The lowest BCUT2D eigenvalue weighted by molar-refractivity contribution is -0.207. The third-order valence-corrected chi connectivity index (χ3v) is 5.54. The van der Waals surface area contributed by atoms with Gasteiger partial charge in [-0.25, -0.2) is 9.48 Å². The summed E-state index contributed by atoms with van der Waals surface area (Å²) in [7, 11) is 0. The molecule has 2 heterocycles. The molecule has 4 rings (SSSR count). The second-order valence-electron chi connectivity index (χ2n) is 7.31. The highest BCUT2D eigenvalue weighted by atomic mass is 35.5. The van der Waals surface area contributed by atoms with Gasteiger partial charge in [0.2, 0.25) is 0 Å². The molecule has 0 bridgehead atoms. The number of halogens is 5. The molecule has 1 aliphatic heterocycles. The monoisotopic (exact) mass is 497 g/mol. The van der Waals surface area contributed by atoms with Gasteiger partial charge in [-0.1, -0.05) is 41.4 Å². The van der Waals surface area contributed by atoms with Crippen LogP contribution in [-0.2, 0) is 13.1 Å². The van der Waals surface area contributed by atoms with Crippen LogP contribution in [0.25, 0.3) is 11.4 Å². The Kier molecular flexibility index (Phi) is 6.42. The average Bonchev–Trinajstić information content (AvgIpc) is 3.34. The summed E-state index contributed by atoms with van der Waals surface area (Å²) in [6.07, 6.45) is -7.34. The molecule has 0 spiro atoms. The zero-order valence-corrected chi connectivity index (χ0v) is 18.3. The van der Waals surface area contributed by atoms with E-state index in [0.29, 0.717) is 39.0 Å². The van der Waals surface area contributed by atoms with Gasteiger partial charge in [0.1, 0.15) is 0 Å². The molecular weight excluding hydrogens is 482 g/mol. The molecule has 0 radical (unpaired) electrons. The largest absolute Gasteiger partial charge is 0.416 e. The number of aliphatic hydroxyl groups excluding tert-OH is 1. The van der Waals surface area contributed by atoms with Gasteiger partial charge in [-0.2, -0.15) is 23.4 Å². The Morgan fingerprint density at radius 1 is 1.06 bits per heavy atom. The van der Waals surface area contributed by atoms with Crippen molar-refractivity contribution in [1.82, 2.24) is 14.3 Å². The van der Waals surface area contributed by atoms with Crippen molar-refractivity contribution in [3.63, 3.8) is 0 Å². The van der Waals surface area contributed by atoms with Crippen LogP contribution in [0.5, 0.6) is 0 Å². The van der Waals surface area contributed by atoms with Crippen molar-refractivity contribution in [1.29, 1.82) is 0 Å². The molecule has 2 aromatic carbocycles. The lowest BCUT2D eigenvalue weighted by Crippen LogP contribution is -2.37. The van der Waals surface area contributed by atoms with Crippen molar-refractivity contribution in [2.45, 2.75) is 31.8 Å². The predicted octanol–water partition coefficient (Wildman–Crippen LogP) is 4.19. The molecule has 1 N–H and O–H groups in total. The van der Waals surface area contributed by atoms with Crippen LogP contribution < -0.4 is 5.69 Å². The molecule has 0 saturated heterocycles. The lowest BCUT2D eigenvalue weighted by atomic mass is 10.1. The van der Waals surface area contributed by atoms with Crippen molar-refractivity contribution in [2.24, 2.45) is 10.2 Å². The van der Waals surface area contributed by atoms with Gasteiger partial charge in [0.15, 0.2) is 11.9 Å². The van der Waals surface area contributed by atoms with E-state index in [4.69, 9.17) is 23.2 Å². The Morgan fingerprint density at radius 2 is 1.76 bits per heavy atom. The fourth-order valence-corrected chi connectivity index (χ4v) is 3.67. The summed E-state index contributed by atoms with van der Waals surface area (Å²) in [6.45, 7) is -1.10. The average molecular weight is 498 g/mol. The van der Waals surface area contributed by atoms with Crippen LogP contribution in [0.1, 0.15) is 12.0 Å². The minimum absolute atomic E-state index is 0.0363. The van der Waals surface area contributed by atoms with Crippen LogP contribution in [0.4, 0.5) is 13.2 Å². The number of aromatic nitrogens is 3. The summed E-state index contributed by atoms with van der Waals surface area (Å²) in [6, 6.07) is 13.2. The Bertz CT molecular complexity index is 1300. The number of rotatable bonds is 6. The van der Waals surface area contributed by atoms with Gasteiger partial charge in [0, 0.05) is 27.6 Å². The van der Waals surface area contributed by atoms with Crippen molar-refractivity contribution in [3.8, 4) is 11.4 Å². The van der Waals surface area contributed by atoms with E-state index in [2.05, 4.69) is 15.3 Å². The molecular formula is C21H16Cl2F3N5O2. The highest BCUT2D eigenvalue weighted by Gasteiger charge is 2.39. The fraction of sp³-hybridized carbons (Fsp3) is 0.238. The SMILES string of the molecule is O=c1n(CC2=NN=C(c3ccccc3Cl)C2)nc(-c2ccc(Cl)cc2)n1C[C@H](O)C(F)(F)F. The van der Waals surface area contributed by atoms with Gasteiger partial charge in [-0.3, -0.25) is 4.57 Å². The minimum Gasteiger partial charge on any atom is -0.382 e. The zero-order chi connectivity index (χ0) is 23.8. The van der Waals surface area contributed by atoms with E-state index in [-0.39, 0.29) is 12.4 Å². The van der Waals surface area contributed by atoms with Gasteiger partial charge in [-0.15, -0.1) is 5.10 Å². The summed E-state index contributed by atoms with van der Waals surface area (Å²) in [4.78, 5) is 12.9. The Balaban J connectivity index is 1.63. The van der Waals surface area contributed by atoms with E-state index in [1.807, 2.05) is 0 Å². The van der Waals surface area contributed by atoms with Crippen LogP contribution in [0.3, 0.4) is 0 Å². The topological polar surface area (TPSA) is 84.8 Å². The number of benzene rings is 2. The van der Waals surface area contributed by atoms with Gasteiger partial charge < -0.3 is 5.11 Å². The second kappa shape index (κ2) is 9.12. The summed E-state index contributed by atoms with van der Waals surface area (Å²) >= 11 is 12.1. The van der Waals surface area contributed by atoms with Crippen LogP contribution in [-0.4, -0.2) is 43.2 Å². The highest BCUT2D eigenvalue weighted by Crippen LogP contribution is 2.24. The summed E-state index contributed by atoms with van der Waals surface area (Å²) < 4.78 is 40.7. The quantitative estimate of drug-likeness (QED) is 0.553. The fourth-order valence-electron chi connectivity index (χ4n) is 3.30. The lowest BCUT2D eigenvalue weighted by Gasteiger charge is -2.15. The van der Waals surface area contributed by atoms with E-state index < -0.39 is 24.5 Å². The van der Waals surface area contributed by atoms with Crippen LogP contribution >= 0.6 is 23.2 Å². The van der Waals surface area contributed by atoms with Gasteiger partial charge in [0.05, 0.1) is 24.5 Å².